The molecule has 0 saturated heterocycles. The lowest BCUT2D eigenvalue weighted by molar-refractivity contribution is 0.476. The van der Waals surface area contributed by atoms with Crippen LogP contribution < -0.4 is 0 Å². The number of rotatable bonds is 4. The molecule has 3 N–H and O–H groups in total. The zero-order chi connectivity index (χ0) is 22.1. The maximum Gasteiger partial charge on any atom is 0.124 e. The van der Waals surface area contributed by atoms with Crippen LogP contribution in [0.4, 0.5) is 0 Å². The average Bonchev–Trinajstić information content (AvgIpc) is 3.20. The molecule has 0 saturated carbocycles. The van der Waals surface area contributed by atoms with Crippen molar-refractivity contribution in [3.63, 3.8) is 0 Å². The second-order valence-corrected chi connectivity index (χ2v) is 7.51. The van der Waals surface area contributed by atoms with E-state index < -0.39 is 0 Å². The fraction of sp³-hybridized carbons (Fsp3) is 0. The Balaban J connectivity index is 1.95. The predicted octanol–water partition coefficient (Wildman–Crippen LogP) is 6.60. The van der Waals surface area contributed by atoms with E-state index in [9.17, 15) is 15.3 Å². The minimum atomic E-state index is 0.128. The number of para-hydroxylation sites is 4. The molecule has 5 rings (SSSR count). The molecule has 156 valence electrons. The minimum absolute atomic E-state index is 0.128. The molecule has 0 aliphatic rings. The van der Waals surface area contributed by atoms with Crippen molar-refractivity contribution in [3.8, 4) is 56.6 Å². The van der Waals surface area contributed by atoms with Gasteiger partial charge in [-0.3, -0.25) is 0 Å². The van der Waals surface area contributed by atoms with Crippen molar-refractivity contribution in [1.82, 2.24) is 4.57 Å². The Morgan fingerprint density at radius 1 is 0.438 bits per heavy atom. The van der Waals surface area contributed by atoms with Gasteiger partial charge in [0.25, 0.3) is 0 Å². The molecule has 32 heavy (non-hydrogen) atoms. The molecule has 0 bridgehead atoms. The van der Waals surface area contributed by atoms with Crippen molar-refractivity contribution in [3.05, 3.63) is 109 Å². The number of phenols is 3. The van der Waals surface area contributed by atoms with E-state index in [1.54, 1.807) is 36.4 Å². The third-order valence-corrected chi connectivity index (χ3v) is 5.55. The largest absolute Gasteiger partial charge is 0.507 e. The molecule has 5 aromatic rings. The van der Waals surface area contributed by atoms with Crippen LogP contribution in [0.5, 0.6) is 17.2 Å². The molecular formula is C28H21NO3. The van der Waals surface area contributed by atoms with Crippen LogP contribution in [0, 0.1) is 0 Å². The van der Waals surface area contributed by atoms with Crippen LogP contribution in [0.25, 0.3) is 39.3 Å². The normalized spacial score (nSPS) is 10.9. The van der Waals surface area contributed by atoms with Crippen LogP contribution in [-0.2, 0) is 0 Å². The smallest absolute Gasteiger partial charge is 0.124 e. The second kappa shape index (κ2) is 8.00. The Morgan fingerprint density at radius 3 is 1.47 bits per heavy atom. The number of hydrogen-bond acceptors (Lipinski definition) is 3. The molecule has 0 aliphatic heterocycles. The number of benzene rings is 4. The Labute approximate surface area is 185 Å². The predicted molar refractivity (Wildman–Crippen MR) is 127 cm³/mol. The summed E-state index contributed by atoms with van der Waals surface area (Å²) in [4.78, 5) is 0. The third-order valence-electron chi connectivity index (χ3n) is 5.55. The lowest BCUT2D eigenvalue weighted by Gasteiger charge is -2.17. The van der Waals surface area contributed by atoms with Crippen molar-refractivity contribution < 1.29 is 15.3 Å². The topological polar surface area (TPSA) is 65.6 Å². The Hall–Kier alpha value is -4.44. The van der Waals surface area contributed by atoms with Gasteiger partial charge in [0.15, 0.2) is 0 Å². The standard InChI is InChI=1S/C28H21NO3/c30-25-15-7-4-12-20(25)23-18-24(21-13-5-8-16-26(21)31)29(19-10-2-1-3-11-19)28(23)22-14-6-9-17-27(22)32/h1-18,30-32H. The van der Waals surface area contributed by atoms with E-state index in [1.807, 2.05) is 77.4 Å². The van der Waals surface area contributed by atoms with Gasteiger partial charge in [0.2, 0.25) is 0 Å². The first-order valence-electron chi connectivity index (χ1n) is 10.3. The molecule has 0 fully saturated rings. The van der Waals surface area contributed by atoms with E-state index in [-0.39, 0.29) is 17.2 Å². The first-order chi connectivity index (χ1) is 15.6. The summed E-state index contributed by atoms with van der Waals surface area (Å²) < 4.78 is 2.01. The number of aromatic nitrogens is 1. The molecule has 4 aromatic carbocycles. The highest BCUT2D eigenvalue weighted by Gasteiger charge is 2.24. The molecule has 0 spiro atoms. The second-order valence-electron chi connectivity index (χ2n) is 7.51. The van der Waals surface area contributed by atoms with Crippen LogP contribution in [-0.4, -0.2) is 19.9 Å². The van der Waals surface area contributed by atoms with Gasteiger partial charge >= 0.3 is 0 Å². The van der Waals surface area contributed by atoms with Crippen LogP contribution in [0.2, 0.25) is 0 Å². The number of nitrogens with zero attached hydrogens (tertiary/aromatic N) is 1. The summed E-state index contributed by atoms with van der Waals surface area (Å²) in [6.45, 7) is 0. The fourth-order valence-electron chi connectivity index (χ4n) is 4.09. The molecule has 0 amide bonds. The first-order valence-corrected chi connectivity index (χ1v) is 10.3. The molecular weight excluding hydrogens is 398 g/mol. The molecule has 0 radical (unpaired) electrons. The molecule has 1 aromatic heterocycles. The fourth-order valence-corrected chi connectivity index (χ4v) is 4.09. The lowest BCUT2D eigenvalue weighted by atomic mass is 9.99. The average molecular weight is 419 g/mol. The summed E-state index contributed by atoms with van der Waals surface area (Å²) in [7, 11) is 0. The van der Waals surface area contributed by atoms with Crippen LogP contribution >= 0.6 is 0 Å². The maximum absolute atomic E-state index is 10.8. The van der Waals surface area contributed by atoms with Gasteiger partial charge in [-0.05, 0) is 48.5 Å². The molecule has 0 unspecified atom stereocenters. The molecule has 0 atom stereocenters. The molecule has 0 aliphatic carbocycles. The van der Waals surface area contributed by atoms with Gasteiger partial charge in [0.1, 0.15) is 17.2 Å². The highest BCUT2D eigenvalue weighted by molar-refractivity contribution is 5.92. The third kappa shape index (κ3) is 3.28. The van der Waals surface area contributed by atoms with Crippen molar-refractivity contribution in [2.75, 3.05) is 0 Å². The lowest BCUT2D eigenvalue weighted by Crippen LogP contribution is -2.00. The highest BCUT2D eigenvalue weighted by atomic mass is 16.3. The van der Waals surface area contributed by atoms with Gasteiger partial charge in [-0.25, -0.2) is 0 Å². The van der Waals surface area contributed by atoms with E-state index in [0.29, 0.717) is 22.4 Å². The zero-order valence-electron chi connectivity index (χ0n) is 17.2. The Morgan fingerprint density at radius 2 is 0.906 bits per heavy atom. The van der Waals surface area contributed by atoms with E-state index in [0.717, 1.165) is 16.9 Å². The zero-order valence-corrected chi connectivity index (χ0v) is 17.2. The summed E-state index contributed by atoms with van der Waals surface area (Å²) in [5.41, 5.74) is 4.97. The van der Waals surface area contributed by atoms with Crippen LogP contribution in [0.1, 0.15) is 0 Å². The van der Waals surface area contributed by atoms with Crippen molar-refractivity contribution in [2.45, 2.75) is 0 Å². The monoisotopic (exact) mass is 419 g/mol. The first kappa shape index (κ1) is 19.5. The highest BCUT2D eigenvalue weighted by Crippen LogP contribution is 2.46. The summed E-state index contributed by atoms with van der Waals surface area (Å²) in [6.07, 6.45) is 0. The van der Waals surface area contributed by atoms with Crippen molar-refractivity contribution in [2.24, 2.45) is 0 Å². The molecule has 1 heterocycles. The van der Waals surface area contributed by atoms with Crippen LogP contribution in [0.15, 0.2) is 109 Å². The van der Waals surface area contributed by atoms with Crippen LogP contribution in [0.3, 0.4) is 0 Å². The quantitative estimate of drug-likeness (QED) is 0.308. The Kier molecular flexibility index (Phi) is 4.88. The van der Waals surface area contributed by atoms with Gasteiger partial charge in [-0.2, -0.15) is 0 Å². The summed E-state index contributed by atoms with van der Waals surface area (Å²) in [6, 6.07) is 33.1. The van der Waals surface area contributed by atoms with E-state index in [4.69, 9.17) is 0 Å². The Bertz CT molecular complexity index is 1400. The SMILES string of the molecule is Oc1ccccc1-c1cc(-c2ccccc2O)n(-c2ccccc2)c1-c1ccccc1O. The van der Waals surface area contributed by atoms with Gasteiger partial charge in [-0.1, -0.05) is 60.7 Å². The van der Waals surface area contributed by atoms with Crippen molar-refractivity contribution >= 4 is 0 Å². The number of hydrogen-bond donors (Lipinski definition) is 3. The van der Waals surface area contributed by atoms with Gasteiger partial charge in [0, 0.05) is 27.9 Å². The summed E-state index contributed by atoms with van der Waals surface area (Å²) >= 11 is 0. The number of phenolic OH excluding ortho intramolecular Hbond substituents is 3. The van der Waals surface area contributed by atoms with E-state index >= 15 is 0 Å². The van der Waals surface area contributed by atoms with E-state index in [2.05, 4.69) is 0 Å². The van der Waals surface area contributed by atoms with E-state index in [1.165, 1.54) is 0 Å². The minimum Gasteiger partial charge on any atom is -0.507 e. The summed E-state index contributed by atoms with van der Waals surface area (Å²) in [5.74, 6) is 0.413. The summed E-state index contributed by atoms with van der Waals surface area (Å²) in [5, 5.41) is 32.1. The maximum atomic E-state index is 10.8. The van der Waals surface area contributed by atoms with Gasteiger partial charge in [-0.15, -0.1) is 0 Å². The van der Waals surface area contributed by atoms with Crippen molar-refractivity contribution in [1.29, 1.82) is 0 Å². The molecule has 4 nitrogen and oxygen atoms in total. The molecule has 4 heteroatoms. The number of aromatic hydroxyl groups is 3. The van der Waals surface area contributed by atoms with Gasteiger partial charge < -0.3 is 19.9 Å². The van der Waals surface area contributed by atoms with Gasteiger partial charge in [0.05, 0.1) is 11.4 Å².